The summed E-state index contributed by atoms with van der Waals surface area (Å²) in [7, 11) is 0. The van der Waals surface area contributed by atoms with E-state index in [1.54, 1.807) is 6.07 Å². The second-order valence-electron chi connectivity index (χ2n) is 5.12. The number of hydrogen-bond acceptors (Lipinski definition) is 1. The first kappa shape index (κ1) is 12.2. The van der Waals surface area contributed by atoms with Gasteiger partial charge in [0.1, 0.15) is 5.82 Å². The second kappa shape index (κ2) is 5.03. The molecule has 1 amide bonds. The summed E-state index contributed by atoms with van der Waals surface area (Å²) in [4.78, 5) is 17.2. The van der Waals surface area contributed by atoms with Gasteiger partial charge in [-0.1, -0.05) is 0 Å². The average Bonchev–Trinajstić information content (AvgIpc) is 2.82. The summed E-state index contributed by atoms with van der Waals surface area (Å²) in [5.41, 5.74) is 1.76. The molecule has 0 radical (unpaired) electrons. The zero-order valence-corrected chi connectivity index (χ0v) is 10.8. The Morgan fingerprint density at radius 1 is 1.26 bits per heavy atom. The highest BCUT2D eigenvalue weighted by Crippen LogP contribution is 2.21. The third-order valence-corrected chi connectivity index (χ3v) is 3.78. The van der Waals surface area contributed by atoms with Crippen molar-refractivity contribution in [2.45, 2.75) is 25.7 Å². The molecule has 0 aliphatic carbocycles. The third kappa shape index (κ3) is 2.48. The summed E-state index contributed by atoms with van der Waals surface area (Å²) >= 11 is 0. The molecule has 1 aliphatic heterocycles. The number of hydrogen-bond donors (Lipinski definition) is 1. The summed E-state index contributed by atoms with van der Waals surface area (Å²) in [6, 6.07) is 4.62. The SMILES string of the molecule is O=C(Cc1c[nH]c2ccc(F)cc12)N1CCCCC1. The number of nitrogens with one attached hydrogen (secondary N) is 1. The fourth-order valence-corrected chi connectivity index (χ4v) is 2.71. The number of benzene rings is 1. The van der Waals surface area contributed by atoms with Gasteiger partial charge < -0.3 is 9.88 Å². The Labute approximate surface area is 111 Å². The molecule has 1 saturated heterocycles. The van der Waals surface area contributed by atoms with Gasteiger partial charge in [-0.15, -0.1) is 0 Å². The van der Waals surface area contributed by atoms with E-state index in [-0.39, 0.29) is 11.7 Å². The van der Waals surface area contributed by atoms with Crippen LogP contribution < -0.4 is 0 Å². The highest BCUT2D eigenvalue weighted by molar-refractivity contribution is 5.89. The Morgan fingerprint density at radius 2 is 2.05 bits per heavy atom. The van der Waals surface area contributed by atoms with Crippen molar-refractivity contribution in [3.63, 3.8) is 0 Å². The smallest absolute Gasteiger partial charge is 0.227 e. The van der Waals surface area contributed by atoms with Crippen LogP contribution in [0.4, 0.5) is 4.39 Å². The number of carbonyl (C=O) groups excluding carboxylic acids is 1. The Hall–Kier alpha value is -1.84. The van der Waals surface area contributed by atoms with Gasteiger partial charge in [-0.25, -0.2) is 4.39 Å². The molecule has 0 bridgehead atoms. The maximum absolute atomic E-state index is 13.3. The number of aromatic nitrogens is 1. The zero-order valence-electron chi connectivity index (χ0n) is 10.8. The molecule has 2 aromatic rings. The van der Waals surface area contributed by atoms with Crippen molar-refractivity contribution in [1.29, 1.82) is 0 Å². The number of likely N-dealkylation sites (tertiary alicyclic amines) is 1. The fraction of sp³-hybridized carbons (Fsp3) is 0.400. The summed E-state index contributed by atoms with van der Waals surface area (Å²) in [6.45, 7) is 1.71. The van der Waals surface area contributed by atoms with E-state index in [9.17, 15) is 9.18 Å². The molecule has 1 aromatic carbocycles. The maximum Gasteiger partial charge on any atom is 0.227 e. The molecular weight excluding hydrogens is 243 g/mol. The standard InChI is InChI=1S/C15H17FN2O/c16-12-4-5-14-13(9-12)11(10-17-14)8-15(19)18-6-2-1-3-7-18/h4-5,9-10,17H,1-3,6-8H2. The predicted molar refractivity (Wildman–Crippen MR) is 72.4 cm³/mol. The Morgan fingerprint density at radius 3 is 2.84 bits per heavy atom. The van der Waals surface area contributed by atoms with E-state index >= 15 is 0 Å². The van der Waals surface area contributed by atoms with E-state index in [0.717, 1.165) is 42.4 Å². The number of nitrogens with zero attached hydrogens (tertiary/aromatic N) is 1. The van der Waals surface area contributed by atoms with E-state index in [2.05, 4.69) is 4.98 Å². The topological polar surface area (TPSA) is 36.1 Å². The largest absolute Gasteiger partial charge is 0.361 e. The first-order valence-electron chi connectivity index (χ1n) is 6.77. The highest BCUT2D eigenvalue weighted by Gasteiger charge is 2.18. The predicted octanol–water partition coefficient (Wildman–Crippen LogP) is 2.86. The minimum absolute atomic E-state index is 0.143. The molecule has 0 spiro atoms. The number of rotatable bonds is 2. The number of halogens is 1. The molecular formula is C15H17FN2O. The minimum atomic E-state index is -0.265. The molecule has 1 aliphatic rings. The quantitative estimate of drug-likeness (QED) is 0.885. The van der Waals surface area contributed by atoms with Crippen LogP contribution >= 0.6 is 0 Å². The molecule has 3 nitrogen and oxygen atoms in total. The maximum atomic E-state index is 13.3. The Balaban J connectivity index is 1.80. The molecule has 1 fully saturated rings. The van der Waals surface area contributed by atoms with E-state index in [0.29, 0.717) is 6.42 Å². The number of amides is 1. The van der Waals surface area contributed by atoms with Crippen molar-refractivity contribution in [3.05, 3.63) is 35.8 Å². The summed E-state index contributed by atoms with van der Waals surface area (Å²) in [6.07, 6.45) is 5.56. The van der Waals surface area contributed by atoms with Crippen LogP contribution in [0, 0.1) is 5.82 Å². The molecule has 1 aromatic heterocycles. The van der Waals surface area contributed by atoms with Crippen molar-refractivity contribution in [2.75, 3.05) is 13.1 Å². The molecule has 0 atom stereocenters. The molecule has 19 heavy (non-hydrogen) atoms. The van der Waals surface area contributed by atoms with Crippen LogP contribution in [0.15, 0.2) is 24.4 Å². The van der Waals surface area contributed by atoms with Crippen molar-refractivity contribution in [1.82, 2.24) is 9.88 Å². The van der Waals surface area contributed by atoms with Gasteiger partial charge in [0.05, 0.1) is 6.42 Å². The van der Waals surface area contributed by atoms with Crippen LogP contribution in [-0.4, -0.2) is 28.9 Å². The van der Waals surface area contributed by atoms with Crippen molar-refractivity contribution >= 4 is 16.8 Å². The van der Waals surface area contributed by atoms with E-state index in [1.807, 2.05) is 11.1 Å². The van der Waals surface area contributed by atoms with Crippen LogP contribution in [0.25, 0.3) is 10.9 Å². The van der Waals surface area contributed by atoms with E-state index < -0.39 is 0 Å². The summed E-state index contributed by atoms with van der Waals surface area (Å²) < 4.78 is 13.3. The van der Waals surface area contributed by atoms with Gasteiger partial charge in [0, 0.05) is 30.2 Å². The molecule has 100 valence electrons. The first-order chi connectivity index (χ1) is 9.24. The van der Waals surface area contributed by atoms with Crippen molar-refractivity contribution < 1.29 is 9.18 Å². The van der Waals surface area contributed by atoms with Gasteiger partial charge in [-0.2, -0.15) is 0 Å². The molecule has 1 N–H and O–H groups in total. The molecule has 0 saturated carbocycles. The number of H-pyrrole nitrogens is 1. The Bertz CT molecular complexity index is 599. The monoisotopic (exact) mass is 260 g/mol. The lowest BCUT2D eigenvalue weighted by atomic mass is 10.1. The number of fused-ring (bicyclic) bond motifs is 1. The number of piperidine rings is 1. The number of aromatic amines is 1. The van der Waals surface area contributed by atoms with Gasteiger partial charge in [-0.3, -0.25) is 4.79 Å². The third-order valence-electron chi connectivity index (χ3n) is 3.78. The lowest BCUT2D eigenvalue weighted by Gasteiger charge is -2.26. The van der Waals surface area contributed by atoms with Gasteiger partial charge in [-0.05, 0) is 43.0 Å². The van der Waals surface area contributed by atoms with E-state index in [4.69, 9.17) is 0 Å². The molecule has 3 rings (SSSR count). The highest BCUT2D eigenvalue weighted by atomic mass is 19.1. The van der Waals surface area contributed by atoms with Gasteiger partial charge >= 0.3 is 0 Å². The van der Waals surface area contributed by atoms with Crippen LogP contribution in [0.5, 0.6) is 0 Å². The fourth-order valence-electron chi connectivity index (χ4n) is 2.71. The van der Waals surface area contributed by atoms with E-state index in [1.165, 1.54) is 18.6 Å². The normalized spacial score (nSPS) is 15.9. The van der Waals surface area contributed by atoms with Gasteiger partial charge in [0.25, 0.3) is 0 Å². The lowest BCUT2D eigenvalue weighted by Crippen LogP contribution is -2.36. The lowest BCUT2D eigenvalue weighted by molar-refractivity contribution is -0.131. The summed E-state index contributed by atoms with van der Waals surface area (Å²) in [5, 5.41) is 0.811. The first-order valence-corrected chi connectivity index (χ1v) is 6.77. The van der Waals surface area contributed by atoms with Gasteiger partial charge in [0.2, 0.25) is 5.91 Å². The average molecular weight is 260 g/mol. The zero-order chi connectivity index (χ0) is 13.2. The second-order valence-corrected chi connectivity index (χ2v) is 5.12. The van der Waals surface area contributed by atoms with Crippen LogP contribution in [0.1, 0.15) is 24.8 Å². The van der Waals surface area contributed by atoms with Gasteiger partial charge in [0.15, 0.2) is 0 Å². The molecule has 0 unspecified atom stereocenters. The Kier molecular flexibility index (Phi) is 3.23. The molecule has 2 heterocycles. The van der Waals surface area contributed by atoms with Crippen molar-refractivity contribution in [2.24, 2.45) is 0 Å². The number of carbonyl (C=O) groups is 1. The van der Waals surface area contributed by atoms with Crippen LogP contribution in [0.2, 0.25) is 0 Å². The van der Waals surface area contributed by atoms with Crippen molar-refractivity contribution in [3.8, 4) is 0 Å². The van der Waals surface area contributed by atoms with Crippen LogP contribution in [0.3, 0.4) is 0 Å². The summed E-state index contributed by atoms with van der Waals surface area (Å²) in [5.74, 6) is -0.122. The molecule has 4 heteroatoms. The minimum Gasteiger partial charge on any atom is -0.361 e. The van der Waals surface area contributed by atoms with Crippen LogP contribution in [-0.2, 0) is 11.2 Å².